The van der Waals surface area contributed by atoms with Gasteiger partial charge in [-0.2, -0.15) is 0 Å². The molecule has 166 valence electrons. The van der Waals surface area contributed by atoms with Crippen LogP contribution < -0.4 is 15.0 Å². The summed E-state index contributed by atoms with van der Waals surface area (Å²) in [5.41, 5.74) is 2.93. The summed E-state index contributed by atoms with van der Waals surface area (Å²) in [4.78, 5) is 38.9. The number of nitrogens with one attached hydrogen (secondary N) is 1. The van der Waals surface area contributed by atoms with Crippen LogP contribution in [-0.2, 0) is 9.59 Å². The van der Waals surface area contributed by atoms with Gasteiger partial charge in [-0.15, -0.1) is 0 Å². The van der Waals surface area contributed by atoms with Crippen molar-refractivity contribution in [3.05, 3.63) is 99.2 Å². The van der Waals surface area contributed by atoms with E-state index in [0.29, 0.717) is 27.7 Å². The Morgan fingerprint density at radius 3 is 2.18 bits per heavy atom. The Morgan fingerprint density at radius 2 is 1.55 bits per heavy atom. The molecular weight excluding hydrogens is 463 g/mol. The number of esters is 1. The highest BCUT2D eigenvalue weighted by Gasteiger charge is 2.39. The van der Waals surface area contributed by atoms with Crippen molar-refractivity contribution in [2.45, 2.75) is 13.8 Å². The molecule has 0 radical (unpaired) electrons. The number of aryl methyl sites for hydroxylation is 2. The van der Waals surface area contributed by atoms with Crippen molar-refractivity contribution in [1.29, 1.82) is 0 Å². The average molecular weight is 481 g/mol. The third-order valence-corrected chi connectivity index (χ3v) is 5.82. The third kappa shape index (κ3) is 4.62. The summed E-state index contributed by atoms with van der Waals surface area (Å²) >= 11 is 12.3. The van der Waals surface area contributed by atoms with Crippen LogP contribution in [0.3, 0.4) is 0 Å². The van der Waals surface area contributed by atoms with Gasteiger partial charge in [-0.25, -0.2) is 9.69 Å². The number of halogens is 2. The van der Waals surface area contributed by atoms with Crippen LogP contribution in [0.5, 0.6) is 5.75 Å². The molecule has 6 nitrogen and oxygen atoms in total. The Labute approximate surface area is 200 Å². The lowest BCUT2D eigenvalue weighted by atomic mass is 10.2. The molecule has 33 heavy (non-hydrogen) atoms. The molecule has 1 aliphatic heterocycles. The minimum atomic E-state index is -0.651. The van der Waals surface area contributed by atoms with Gasteiger partial charge in [0.15, 0.2) is 0 Å². The number of rotatable bonds is 5. The molecule has 3 aromatic carbocycles. The summed E-state index contributed by atoms with van der Waals surface area (Å²) in [7, 11) is 0. The number of hydrogen-bond donors (Lipinski definition) is 1. The zero-order chi connectivity index (χ0) is 23.7. The second-order valence-electron chi connectivity index (χ2n) is 7.47. The topological polar surface area (TPSA) is 75.7 Å². The summed E-state index contributed by atoms with van der Waals surface area (Å²) in [5, 5.41) is 3.06. The molecule has 0 saturated heterocycles. The number of carbonyl (C=O) groups is 3. The molecule has 0 aromatic heterocycles. The highest BCUT2D eigenvalue weighted by atomic mass is 35.5. The van der Waals surface area contributed by atoms with Crippen LogP contribution in [0.25, 0.3) is 0 Å². The van der Waals surface area contributed by atoms with E-state index in [1.165, 1.54) is 6.07 Å². The quantitative estimate of drug-likeness (QED) is 0.291. The van der Waals surface area contributed by atoms with E-state index in [-0.39, 0.29) is 10.7 Å². The molecular formula is C25H18Cl2N2O4. The molecule has 3 aromatic rings. The molecule has 0 aliphatic carbocycles. The van der Waals surface area contributed by atoms with E-state index >= 15 is 0 Å². The van der Waals surface area contributed by atoms with Gasteiger partial charge in [0.05, 0.1) is 11.3 Å². The highest BCUT2D eigenvalue weighted by molar-refractivity contribution is 6.53. The SMILES string of the molecule is Cc1ccc(OC(=O)c2ccc(NC3=C(Cl)C(=O)N(c4ccc(C)c(Cl)c4)C3=O)cc2)cc1. The smallest absolute Gasteiger partial charge is 0.343 e. The first-order valence-corrected chi connectivity index (χ1v) is 10.7. The van der Waals surface area contributed by atoms with Crippen molar-refractivity contribution in [2.75, 3.05) is 10.2 Å². The van der Waals surface area contributed by atoms with Crippen LogP contribution in [0.1, 0.15) is 21.5 Å². The van der Waals surface area contributed by atoms with Gasteiger partial charge in [0.25, 0.3) is 11.8 Å². The maximum absolute atomic E-state index is 12.9. The Hall–Kier alpha value is -3.61. The van der Waals surface area contributed by atoms with E-state index in [4.69, 9.17) is 27.9 Å². The van der Waals surface area contributed by atoms with Gasteiger partial charge in [0.2, 0.25) is 0 Å². The fourth-order valence-corrected chi connectivity index (χ4v) is 3.56. The minimum absolute atomic E-state index is 0.0617. The van der Waals surface area contributed by atoms with Gasteiger partial charge in [0, 0.05) is 10.7 Å². The Morgan fingerprint density at radius 1 is 0.879 bits per heavy atom. The van der Waals surface area contributed by atoms with Crippen molar-refractivity contribution in [3.63, 3.8) is 0 Å². The maximum Gasteiger partial charge on any atom is 0.343 e. The van der Waals surface area contributed by atoms with Crippen LogP contribution in [-0.4, -0.2) is 17.8 Å². The average Bonchev–Trinajstić information content (AvgIpc) is 3.01. The van der Waals surface area contributed by atoms with Crippen LogP contribution in [0.4, 0.5) is 11.4 Å². The number of nitrogens with zero attached hydrogens (tertiary/aromatic N) is 1. The van der Waals surface area contributed by atoms with Gasteiger partial charge < -0.3 is 10.1 Å². The standard InChI is InChI=1S/C25H18Cl2N2O4/c1-14-3-11-19(12-4-14)33-25(32)16-6-8-17(9-7-16)28-22-21(27)23(30)29(24(22)31)18-10-5-15(2)20(26)13-18/h3-13,28H,1-2H3. The van der Waals surface area contributed by atoms with E-state index in [2.05, 4.69) is 5.32 Å². The first-order valence-electron chi connectivity index (χ1n) is 9.95. The number of imide groups is 1. The largest absolute Gasteiger partial charge is 0.423 e. The van der Waals surface area contributed by atoms with E-state index in [1.54, 1.807) is 48.5 Å². The Bertz CT molecular complexity index is 1300. The van der Waals surface area contributed by atoms with E-state index in [1.807, 2.05) is 26.0 Å². The van der Waals surface area contributed by atoms with Gasteiger partial charge >= 0.3 is 5.97 Å². The predicted octanol–water partition coefficient (Wildman–Crippen LogP) is 5.61. The summed E-state index contributed by atoms with van der Waals surface area (Å²) in [6, 6.07) is 18.3. The van der Waals surface area contributed by atoms with Gasteiger partial charge in [-0.1, -0.05) is 47.0 Å². The molecule has 1 N–H and O–H groups in total. The van der Waals surface area contributed by atoms with Crippen molar-refractivity contribution in [3.8, 4) is 5.75 Å². The molecule has 0 unspecified atom stereocenters. The van der Waals surface area contributed by atoms with Gasteiger partial charge in [0.1, 0.15) is 16.5 Å². The first-order chi connectivity index (χ1) is 15.7. The van der Waals surface area contributed by atoms with Crippen molar-refractivity contribution < 1.29 is 19.1 Å². The summed E-state index contributed by atoms with van der Waals surface area (Å²) in [5.74, 6) is -1.33. The highest BCUT2D eigenvalue weighted by Crippen LogP contribution is 2.32. The molecule has 0 bridgehead atoms. The third-order valence-electron chi connectivity index (χ3n) is 5.06. The number of carbonyl (C=O) groups excluding carboxylic acids is 3. The molecule has 1 aliphatic rings. The lowest BCUT2D eigenvalue weighted by molar-refractivity contribution is -0.120. The van der Waals surface area contributed by atoms with Crippen molar-refractivity contribution in [1.82, 2.24) is 0 Å². The number of ether oxygens (including phenoxy) is 1. The van der Waals surface area contributed by atoms with Crippen LogP contribution in [0.15, 0.2) is 77.5 Å². The predicted molar refractivity (Wildman–Crippen MR) is 128 cm³/mol. The number of hydrogen-bond acceptors (Lipinski definition) is 5. The Kier molecular flexibility index (Phi) is 6.22. The zero-order valence-electron chi connectivity index (χ0n) is 17.7. The lowest BCUT2D eigenvalue weighted by Crippen LogP contribution is -2.32. The molecule has 1 heterocycles. The number of anilines is 2. The number of benzene rings is 3. The minimum Gasteiger partial charge on any atom is -0.423 e. The summed E-state index contributed by atoms with van der Waals surface area (Å²) < 4.78 is 5.35. The van der Waals surface area contributed by atoms with Crippen molar-refractivity contribution in [2.24, 2.45) is 0 Å². The normalized spacial score (nSPS) is 13.5. The molecule has 0 spiro atoms. The van der Waals surface area contributed by atoms with Gasteiger partial charge in [-0.05, 0) is 67.9 Å². The Balaban J connectivity index is 1.48. The molecule has 0 saturated carbocycles. The lowest BCUT2D eigenvalue weighted by Gasteiger charge is -2.16. The number of amides is 2. The molecule has 2 amide bonds. The van der Waals surface area contributed by atoms with E-state index in [0.717, 1.165) is 16.0 Å². The van der Waals surface area contributed by atoms with Crippen LogP contribution in [0.2, 0.25) is 5.02 Å². The maximum atomic E-state index is 12.9. The van der Waals surface area contributed by atoms with Crippen LogP contribution >= 0.6 is 23.2 Å². The zero-order valence-corrected chi connectivity index (χ0v) is 19.2. The summed E-state index contributed by atoms with van der Waals surface area (Å²) in [6.07, 6.45) is 0. The molecule has 0 fully saturated rings. The summed E-state index contributed by atoms with van der Waals surface area (Å²) in [6.45, 7) is 3.76. The molecule has 0 atom stereocenters. The second-order valence-corrected chi connectivity index (χ2v) is 8.26. The second kappa shape index (κ2) is 9.10. The monoisotopic (exact) mass is 480 g/mol. The molecule has 8 heteroatoms. The van der Waals surface area contributed by atoms with E-state index < -0.39 is 17.8 Å². The van der Waals surface area contributed by atoms with E-state index in [9.17, 15) is 14.4 Å². The van der Waals surface area contributed by atoms with Gasteiger partial charge in [-0.3, -0.25) is 9.59 Å². The van der Waals surface area contributed by atoms with Crippen molar-refractivity contribution >= 4 is 52.4 Å². The fraction of sp³-hybridized carbons (Fsp3) is 0.0800. The molecule has 4 rings (SSSR count). The first kappa shape index (κ1) is 22.6. The van der Waals surface area contributed by atoms with Crippen LogP contribution in [0, 0.1) is 13.8 Å². The fourth-order valence-electron chi connectivity index (χ4n) is 3.17.